The molecule has 1 N–H and O–H groups in total. The highest BCUT2D eigenvalue weighted by Gasteiger charge is 2.45. The van der Waals surface area contributed by atoms with Gasteiger partial charge in [-0.1, -0.05) is 0 Å². The van der Waals surface area contributed by atoms with Gasteiger partial charge < -0.3 is 14.6 Å². The molecule has 0 saturated heterocycles. The van der Waals surface area contributed by atoms with E-state index in [4.69, 9.17) is 14.7 Å². The van der Waals surface area contributed by atoms with Gasteiger partial charge in [0.25, 0.3) is 0 Å². The van der Waals surface area contributed by atoms with E-state index in [1.54, 1.807) is 26.8 Å². The predicted octanol–water partition coefficient (Wildman–Crippen LogP) is 1.05. The molecule has 0 rings (SSSR count). The van der Waals surface area contributed by atoms with E-state index < -0.39 is 11.4 Å². The van der Waals surface area contributed by atoms with Crippen LogP contribution in [0.15, 0.2) is 0 Å². The molecule has 0 unspecified atom stereocenters. The van der Waals surface area contributed by atoms with Crippen molar-refractivity contribution in [1.82, 2.24) is 0 Å². The summed E-state index contributed by atoms with van der Waals surface area (Å²) in [4.78, 5) is 0. The van der Waals surface area contributed by atoms with Crippen LogP contribution in [0.4, 0.5) is 0 Å². The summed E-state index contributed by atoms with van der Waals surface area (Å²) in [5, 5.41) is 18.4. The van der Waals surface area contributed by atoms with E-state index in [1.807, 2.05) is 0 Å². The summed E-state index contributed by atoms with van der Waals surface area (Å²) in [6.07, 6.45) is 0. The second-order valence-corrected chi connectivity index (χ2v) is 3.00. The molecule has 0 aliphatic heterocycles. The zero-order chi connectivity index (χ0) is 10.5. The van der Waals surface area contributed by atoms with E-state index in [-0.39, 0.29) is 0 Å². The monoisotopic (exact) mass is 187 g/mol. The molecule has 0 amide bonds. The third-order valence-corrected chi connectivity index (χ3v) is 1.94. The summed E-state index contributed by atoms with van der Waals surface area (Å²) in [6, 6.07) is 1.76. The number of hydrogen-bond donors (Lipinski definition) is 1. The Kier molecular flexibility index (Phi) is 4.34. The van der Waals surface area contributed by atoms with Crippen molar-refractivity contribution in [2.45, 2.75) is 39.1 Å². The third kappa shape index (κ3) is 2.66. The highest BCUT2D eigenvalue weighted by atomic mass is 16.7. The maximum absolute atomic E-state index is 9.69. The predicted molar refractivity (Wildman–Crippen MR) is 47.9 cm³/mol. The van der Waals surface area contributed by atoms with Crippen LogP contribution in [0, 0.1) is 11.3 Å². The minimum Gasteiger partial charge on any atom is -0.371 e. The first-order chi connectivity index (χ1) is 5.93. The van der Waals surface area contributed by atoms with Gasteiger partial charge in [0.1, 0.15) is 6.07 Å². The fourth-order valence-electron chi connectivity index (χ4n) is 0.975. The minimum absolute atomic E-state index is 0.383. The number of ether oxygens (including phenoxy) is 2. The summed E-state index contributed by atoms with van der Waals surface area (Å²) in [7, 11) is 0. The van der Waals surface area contributed by atoms with E-state index in [2.05, 4.69) is 0 Å². The summed E-state index contributed by atoms with van der Waals surface area (Å²) in [5.74, 6) is -1.26. The van der Waals surface area contributed by atoms with Crippen molar-refractivity contribution < 1.29 is 14.6 Å². The van der Waals surface area contributed by atoms with Crippen molar-refractivity contribution in [1.29, 1.82) is 5.26 Å². The number of nitriles is 1. The normalized spacial score (nSPS) is 16.3. The highest BCUT2D eigenvalue weighted by molar-refractivity contribution is 5.05. The Morgan fingerprint density at radius 1 is 1.23 bits per heavy atom. The Morgan fingerprint density at radius 2 is 1.62 bits per heavy atom. The van der Waals surface area contributed by atoms with Crippen molar-refractivity contribution in [2.24, 2.45) is 0 Å². The van der Waals surface area contributed by atoms with Crippen LogP contribution in [0.3, 0.4) is 0 Å². The molecule has 0 heterocycles. The van der Waals surface area contributed by atoms with Crippen molar-refractivity contribution in [3.05, 3.63) is 0 Å². The molecule has 0 spiro atoms. The van der Waals surface area contributed by atoms with Crippen molar-refractivity contribution >= 4 is 0 Å². The lowest BCUT2D eigenvalue weighted by Crippen LogP contribution is -2.53. The molecule has 0 aromatic heterocycles. The summed E-state index contributed by atoms with van der Waals surface area (Å²) < 4.78 is 10.5. The zero-order valence-electron chi connectivity index (χ0n) is 8.63. The number of hydrogen-bond acceptors (Lipinski definition) is 4. The zero-order valence-corrected chi connectivity index (χ0v) is 8.63. The van der Waals surface area contributed by atoms with Crippen LogP contribution >= 0.6 is 0 Å². The Labute approximate surface area is 79.1 Å². The average Bonchev–Trinajstić information content (AvgIpc) is 2.05. The number of aliphatic hydroxyl groups is 1. The maximum Gasteiger partial charge on any atom is 0.208 e. The molecule has 0 radical (unpaired) electrons. The van der Waals surface area contributed by atoms with Crippen molar-refractivity contribution in [3.63, 3.8) is 0 Å². The quantitative estimate of drug-likeness (QED) is 0.516. The molecular weight excluding hydrogens is 170 g/mol. The van der Waals surface area contributed by atoms with E-state index in [0.29, 0.717) is 13.2 Å². The molecule has 4 nitrogen and oxygen atoms in total. The van der Waals surface area contributed by atoms with Gasteiger partial charge in [0.15, 0.2) is 0 Å². The van der Waals surface area contributed by atoms with Crippen LogP contribution in [-0.2, 0) is 9.47 Å². The van der Waals surface area contributed by atoms with Gasteiger partial charge in [-0.15, -0.1) is 0 Å². The van der Waals surface area contributed by atoms with Crippen molar-refractivity contribution in [3.8, 4) is 6.07 Å². The Hall–Kier alpha value is -0.630. The lowest BCUT2D eigenvalue weighted by Gasteiger charge is -2.36. The summed E-state index contributed by atoms with van der Waals surface area (Å²) >= 11 is 0. The van der Waals surface area contributed by atoms with Gasteiger partial charge in [-0.25, -0.2) is 0 Å². The second-order valence-electron chi connectivity index (χ2n) is 3.00. The average molecular weight is 187 g/mol. The van der Waals surface area contributed by atoms with Gasteiger partial charge in [0, 0.05) is 13.2 Å². The standard InChI is InChI=1S/C9H17NO3/c1-5-12-9(4,13-6-2)8(3,11)7-10/h11H,5-6H2,1-4H3/t8-/m1/s1. The van der Waals surface area contributed by atoms with E-state index in [9.17, 15) is 5.11 Å². The first kappa shape index (κ1) is 12.4. The van der Waals surface area contributed by atoms with Gasteiger partial charge in [0.05, 0.1) is 0 Å². The third-order valence-electron chi connectivity index (χ3n) is 1.94. The topological polar surface area (TPSA) is 62.5 Å². The van der Waals surface area contributed by atoms with Crippen LogP contribution < -0.4 is 0 Å². The summed E-state index contributed by atoms with van der Waals surface area (Å²) in [6.45, 7) is 7.26. The molecule has 76 valence electrons. The molecule has 0 aromatic rings. The smallest absolute Gasteiger partial charge is 0.208 e. The van der Waals surface area contributed by atoms with E-state index in [0.717, 1.165) is 0 Å². The van der Waals surface area contributed by atoms with Gasteiger partial charge in [0.2, 0.25) is 11.4 Å². The largest absolute Gasteiger partial charge is 0.371 e. The van der Waals surface area contributed by atoms with Gasteiger partial charge in [-0.3, -0.25) is 0 Å². The molecule has 0 aliphatic rings. The van der Waals surface area contributed by atoms with E-state index in [1.165, 1.54) is 6.92 Å². The lowest BCUT2D eigenvalue weighted by molar-refractivity contribution is -0.287. The van der Waals surface area contributed by atoms with Crippen LogP contribution in [0.25, 0.3) is 0 Å². The van der Waals surface area contributed by atoms with Crippen LogP contribution in [0.5, 0.6) is 0 Å². The molecule has 0 saturated carbocycles. The minimum atomic E-state index is -1.64. The molecule has 1 atom stereocenters. The molecule has 0 fully saturated rings. The molecular formula is C9H17NO3. The van der Waals surface area contributed by atoms with Crippen LogP contribution in [-0.4, -0.2) is 29.7 Å². The van der Waals surface area contributed by atoms with Crippen LogP contribution in [0.2, 0.25) is 0 Å². The fourth-order valence-corrected chi connectivity index (χ4v) is 0.975. The SMILES string of the molecule is CCOC(C)(OCC)[C@](C)(O)C#N. The molecule has 0 bridgehead atoms. The summed E-state index contributed by atoms with van der Waals surface area (Å²) in [5.41, 5.74) is -1.64. The molecule has 0 aromatic carbocycles. The second kappa shape index (κ2) is 4.56. The number of nitrogens with zero attached hydrogens (tertiary/aromatic N) is 1. The Bertz CT molecular complexity index is 190. The van der Waals surface area contributed by atoms with Gasteiger partial charge >= 0.3 is 0 Å². The molecule has 4 heteroatoms. The lowest BCUT2D eigenvalue weighted by atomic mass is 9.98. The maximum atomic E-state index is 9.69. The Morgan fingerprint density at radius 3 is 1.85 bits per heavy atom. The van der Waals surface area contributed by atoms with Gasteiger partial charge in [-0.2, -0.15) is 5.26 Å². The molecule has 0 aliphatic carbocycles. The van der Waals surface area contributed by atoms with Crippen molar-refractivity contribution in [2.75, 3.05) is 13.2 Å². The van der Waals surface area contributed by atoms with Gasteiger partial charge in [-0.05, 0) is 27.7 Å². The first-order valence-corrected chi connectivity index (χ1v) is 4.35. The first-order valence-electron chi connectivity index (χ1n) is 4.35. The fraction of sp³-hybridized carbons (Fsp3) is 0.889. The number of rotatable bonds is 5. The Balaban J connectivity index is 4.68. The van der Waals surface area contributed by atoms with Crippen LogP contribution in [0.1, 0.15) is 27.7 Å². The van der Waals surface area contributed by atoms with E-state index >= 15 is 0 Å². The highest BCUT2D eigenvalue weighted by Crippen LogP contribution is 2.26. The molecule has 13 heavy (non-hydrogen) atoms.